The van der Waals surface area contributed by atoms with Crippen molar-refractivity contribution < 1.29 is 9.18 Å². The largest absolute Gasteiger partial charge is 0.351 e. The molecular formula is C27H35FN4O. The van der Waals surface area contributed by atoms with Crippen molar-refractivity contribution in [3.8, 4) is 6.07 Å². The lowest BCUT2D eigenvalue weighted by atomic mass is 9.90. The van der Waals surface area contributed by atoms with E-state index >= 15 is 0 Å². The number of nitriles is 1. The van der Waals surface area contributed by atoms with Gasteiger partial charge < -0.3 is 10.2 Å². The van der Waals surface area contributed by atoms with Crippen molar-refractivity contribution in [1.82, 2.24) is 15.1 Å². The number of amides is 1. The third kappa shape index (κ3) is 7.38. The summed E-state index contributed by atoms with van der Waals surface area (Å²) in [5, 5.41) is 12.1. The highest BCUT2D eigenvalue weighted by atomic mass is 19.1. The number of nitrogens with one attached hydrogen (secondary N) is 1. The van der Waals surface area contributed by atoms with E-state index in [1.54, 1.807) is 0 Å². The Morgan fingerprint density at radius 2 is 1.76 bits per heavy atom. The minimum atomic E-state index is -0.334. The van der Waals surface area contributed by atoms with Crippen molar-refractivity contribution in [2.45, 2.75) is 39.0 Å². The molecule has 2 aromatic carbocycles. The van der Waals surface area contributed by atoms with E-state index in [4.69, 9.17) is 5.26 Å². The molecule has 0 spiro atoms. The molecule has 1 saturated heterocycles. The van der Waals surface area contributed by atoms with Crippen LogP contribution in [0.1, 0.15) is 59.2 Å². The number of carbonyl (C=O) groups excluding carboxylic acids is 1. The lowest BCUT2D eigenvalue weighted by Crippen LogP contribution is -2.48. The Labute approximate surface area is 197 Å². The van der Waals surface area contributed by atoms with Crippen LogP contribution in [0.4, 0.5) is 4.39 Å². The third-order valence-electron chi connectivity index (χ3n) is 6.65. The summed E-state index contributed by atoms with van der Waals surface area (Å²) in [6.45, 7) is 10.9. The fourth-order valence-corrected chi connectivity index (χ4v) is 4.50. The number of halogens is 1. The number of carbonyl (C=O) groups is 1. The first kappa shape index (κ1) is 24.9. The third-order valence-corrected chi connectivity index (χ3v) is 6.65. The molecule has 0 bridgehead atoms. The van der Waals surface area contributed by atoms with Crippen molar-refractivity contribution in [2.75, 3.05) is 45.8 Å². The summed E-state index contributed by atoms with van der Waals surface area (Å²) in [5.41, 5.74) is 3.67. The SMILES string of the molecule is CCC(CCCN1CCN(CCNC(=O)c2ccc(F)cc2)CC1)c1ccc(C#N)c(C)c1. The Hall–Kier alpha value is -2.75. The van der Waals surface area contributed by atoms with Crippen LogP contribution in [0.3, 0.4) is 0 Å². The van der Waals surface area contributed by atoms with Gasteiger partial charge >= 0.3 is 0 Å². The molecule has 1 amide bonds. The van der Waals surface area contributed by atoms with Gasteiger partial charge in [-0.15, -0.1) is 0 Å². The van der Waals surface area contributed by atoms with Gasteiger partial charge in [-0.3, -0.25) is 9.69 Å². The lowest BCUT2D eigenvalue weighted by Gasteiger charge is -2.35. The van der Waals surface area contributed by atoms with E-state index in [0.29, 0.717) is 18.0 Å². The summed E-state index contributed by atoms with van der Waals surface area (Å²) in [6.07, 6.45) is 3.45. The average molecular weight is 451 g/mol. The second-order valence-electron chi connectivity index (χ2n) is 8.88. The van der Waals surface area contributed by atoms with Crippen LogP contribution in [0.5, 0.6) is 0 Å². The average Bonchev–Trinajstić information content (AvgIpc) is 2.83. The molecule has 1 fully saturated rings. The lowest BCUT2D eigenvalue weighted by molar-refractivity contribution is 0.0935. The molecule has 0 saturated carbocycles. The standard InChI is InChI=1S/C27H35FN4O/c1-3-22(24-6-7-25(20-29)21(2)19-24)5-4-13-31-15-17-32(18-16-31)14-12-30-27(33)23-8-10-26(28)11-9-23/h6-11,19,22H,3-5,12-18H2,1-2H3,(H,30,33). The van der Waals surface area contributed by atoms with Crippen LogP contribution in [0.25, 0.3) is 0 Å². The van der Waals surface area contributed by atoms with Gasteiger partial charge in [0.25, 0.3) is 5.91 Å². The number of piperazine rings is 1. The van der Waals surface area contributed by atoms with Crippen LogP contribution in [-0.2, 0) is 0 Å². The molecule has 1 heterocycles. The normalized spacial score (nSPS) is 15.7. The summed E-state index contributed by atoms with van der Waals surface area (Å²) in [7, 11) is 0. The smallest absolute Gasteiger partial charge is 0.251 e. The van der Waals surface area contributed by atoms with E-state index < -0.39 is 0 Å². The molecule has 2 aromatic rings. The van der Waals surface area contributed by atoms with Gasteiger partial charge in [-0.25, -0.2) is 4.39 Å². The van der Waals surface area contributed by atoms with E-state index in [0.717, 1.165) is 63.2 Å². The predicted molar refractivity (Wildman–Crippen MR) is 130 cm³/mol. The topological polar surface area (TPSA) is 59.4 Å². The maximum atomic E-state index is 13.0. The molecule has 1 unspecified atom stereocenters. The Kier molecular flexibility index (Phi) is 9.41. The minimum absolute atomic E-state index is 0.156. The maximum absolute atomic E-state index is 13.0. The molecule has 0 radical (unpaired) electrons. The Balaban J connectivity index is 1.33. The molecule has 6 heteroatoms. The molecule has 1 aliphatic heterocycles. The minimum Gasteiger partial charge on any atom is -0.351 e. The van der Waals surface area contributed by atoms with E-state index in [-0.39, 0.29) is 11.7 Å². The fourth-order valence-electron chi connectivity index (χ4n) is 4.50. The van der Waals surface area contributed by atoms with Gasteiger partial charge in [-0.05, 0) is 80.1 Å². The van der Waals surface area contributed by atoms with Crippen LogP contribution >= 0.6 is 0 Å². The number of hydrogen-bond acceptors (Lipinski definition) is 4. The number of rotatable bonds is 10. The molecule has 5 nitrogen and oxygen atoms in total. The summed E-state index contributed by atoms with van der Waals surface area (Å²) in [4.78, 5) is 17.0. The molecule has 33 heavy (non-hydrogen) atoms. The quantitative estimate of drug-likeness (QED) is 0.585. The van der Waals surface area contributed by atoms with Crippen molar-refractivity contribution in [3.05, 3.63) is 70.5 Å². The van der Waals surface area contributed by atoms with Crippen molar-refractivity contribution in [3.63, 3.8) is 0 Å². The molecule has 1 atom stereocenters. The first-order valence-corrected chi connectivity index (χ1v) is 12.0. The number of nitrogens with zero attached hydrogens (tertiary/aromatic N) is 3. The van der Waals surface area contributed by atoms with Gasteiger partial charge in [0, 0.05) is 44.8 Å². The monoisotopic (exact) mass is 450 g/mol. The molecule has 1 N–H and O–H groups in total. The van der Waals surface area contributed by atoms with E-state index in [9.17, 15) is 9.18 Å². The van der Waals surface area contributed by atoms with Gasteiger partial charge in [0.15, 0.2) is 0 Å². The molecule has 0 aromatic heterocycles. The predicted octanol–water partition coefficient (Wildman–Crippen LogP) is 4.33. The van der Waals surface area contributed by atoms with Crippen molar-refractivity contribution in [2.24, 2.45) is 0 Å². The number of benzene rings is 2. The Morgan fingerprint density at radius 3 is 2.36 bits per heavy atom. The summed E-state index contributed by atoms with van der Waals surface area (Å²) in [5.74, 6) is 0.0537. The highest BCUT2D eigenvalue weighted by molar-refractivity contribution is 5.94. The highest BCUT2D eigenvalue weighted by Gasteiger charge is 2.18. The molecule has 0 aliphatic carbocycles. The van der Waals surface area contributed by atoms with Crippen LogP contribution in [0, 0.1) is 24.1 Å². The van der Waals surface area contributed by atoms with E-state index in [2.05, 4.69) is 40.2 Å². The van der Waals surface area contributed by atoms with E-state index in [1.807, 2.05) is 13.0 Å². The Morgan fingerprint density at radius 1 is 1.09 bits per heavy atom. The van der Waals surface area contributed by atoms with Gasteiger partial charge in [0.2, 0.25) is 0 Å². The van der Waals surface area contributed by atoms with Crippen molar-refractivity contribution >= 4 is 5.91 Å². The first-order valence-electron chi connectivity index (χ1n) is 12.0. The van der Waals surface area contributed by atoms with Gasteiger partial charge in [0.05, 0.1) is 11.6 Å². The number of hydrogen-bond donors (Lipinski definition) is 1. The molecule has 1 aliphatic rings. The molecular weight excluding hydrogens is 415 g/mol. The van der Waals surface area contributed by atoms with Gasteiger partial charge in [-0.1, -0.05) is 19.1 Å². The highest BCUT2D eigenvalue weighted by Crippen LogP contribution is 2.26. The van der Waals surface area contributed by atoms with Crippen LogP contribution in [0.2, 0.25) is 0 Å². The Bertz CT molecular complexity index is 946. The first-order chi connectivity index (χ1) is 16.0. The maximum Gasteiger partial charge on any atom is 0.251 e. The zero-order valence-corrected chi connectivity index (χ0v) is 19.8. The van der Waals surface area contributed by atoms with Crippen LogP contribution in [0.15, 0.2) is 42.5 Å². The summed E-state index contributed by atoms with van der Waals surface area (Å²) in [6, 6.07) is 14.1. The summed E-state index contributed by atoms with van der Waals surface area (Å²) >= 11 is 0. The number of aryl methyl sites for hydroxylation is 1. The molecule has 176 valence electrons. The zero-order valence-electron chi connectivity index (χ0n) is 19.8. The van der Waals surface area contributed by atoms with Gasteiger partial charge in [-0.2, -0.15) is 5.26 Å². The zero-order chi connectivity index (χ0) is 23.6. The molecule has 3 rings (SSSR count). The van der Waals surface area contributed by atoms with Crippen LogP contribution < -0.4 is 5.32 Å². The second-order valence-corrected chi connectivity index (χ2v) is 8.88. The van der Waals surface area contributed by atoms with Crippen molar-refractivity contribution in [1.29, 1.82) is 5.26 Å². The summed E-state index contributed by atoms with van der Waals surface area (Å²) < 4.78 is 13.0. The fraction of sp³-hybridized carbons (Fsp3) is 0.481. The van der Waals surface area contributed by atoms with E-state index in [1.165, 1.54) is 36.2 Å². The van der Waals surface area contributed by atoms with Crippen LogP contribution in [-0.4, -0.2) is 61.5 Å². The second kappa shape index (κ2) is 12.5. The van der Waals surface area contributed by atoms with Gasteiger partial charge in [0.1, 0.15) is 5.82 Å².